The number of ether oxygens (including phenoxy) is 2. The van der Waals surface area contributed by atoms with E-state index in [2.05, 4.69) is 37.7 Å². The molecule has 2 N–H and O–H groups in total. The van der Waals surface area contributed by atoms with E-state index in [-0.39, 0.29) is 16.9 Å². The van der Waals surface area contributed by atoms with Crippen LogP contribution in [0.2, 0.25) is 0 Å². The van der Waals surface area contributed by atoms with Gasteiger partial charge in [-0.05, 0) is 50.7 Å². The number of aromatic nitrogens is 3. The Morgan fingerprint density at radius 3 is 2.77 bits per heavy atom. The molecule has 12 heteroatoms. The second-order valence-corrected chi connectivity index (χ2v) is 11.9. The second kappa shape index (κ2) is 13.2. The Morgan fingerprint density at radius 2 is 2.07 bits per heavy atom. The number of nitrogens with zero attached hydrogens (tertiary/aromatic N) is 4. The molecule has 0 radical (unpaired) electrons. The van der Waals surface area contributed by atoms with Crippen LogP contribution in [0.15, 0.2) is 30.3 Å². The van der Waals surface area contributed by atoms with Crippen molar-refractivity contribution in [2.75, 3.05) is 37.1 Å². The van der Waals surface area contributed by atoms with Crippen LogP contribution in [0, 0.1) is 23.2 Å². The molecule has 2 aromatic rings. The maximum Gasteiger partial charge on any atom is 0.259 e. The number of pyridine rings is 1. The number of nitrogens with one attached hydrogen (secondary N) is 2. The topological polar surface area (TPSA) is 119 Å². The number of amides is 2. The number of allylic oxidation sites excluding steroid dienone is 1. The van der Waals surface area contributed by atoms with Crippen molar-refractivity contribution in [3.8, 4) is 11.8 Å². The minimum atomic E-state index is -1.21. The van der Waals surface area contributed by atoms with Crippen molar-refractivity contribution in [2.24, 2.45) is 11.3 Å². The number of anilines is 2. The van der Waals surface area contributed by atoms with Crippen LogP contribution in [0.3, 0.4) is 0 Å². The quantitative estimate of drug-likeness (QED) is 0.453. The number of hydrogen-bond acceptors (Lipinski definition) is 9. The van der Waals surface area contributed by atoms with E-state index in [0.29, 0.717) is 65.0 Å². The molecule has 1 saturated carbocycles. The zero-order valence-electron chi connectivity index (χ0n) is 24.9. The first kappa shape index (κ1) is 30.6. The SMILES string of the molecule is CC.COC1=CNC(C(C)F)C=C1c1cc(N2CC3(CCOCC3)CC2=O)ncc1C(=O)Nc1nnc(C#CC2CC2)s1. The van der Waals surface area contributed by atoms with Crippen molar-refractivity contribution in [1.82, 2.24) is 20.5 Å². The molecule has 10 nitrogen and oxygen atoms in total. The Morgan fingerprint density at radius 1 is 1.30 bits per heavy atom. The van der Waals surface area contributed by atoms with Gasteiger partial charge in [0.1, 0.15) is 17.7 Å². The summed E-state index contributed by atoms with van der Waals surface area (Å²) in [4.78, 5) is 33.0. The minimum Gasteiger partial charge on any atom is -0.495 e. The van der Waals surface area contributed by atoms with Gasteiger partial charge in [-0.15, -0.1) is 10.2 Å². The average Bonchev–Trinajstić information content (AvgIpc) is 3.67. The first-order valence-electron chi connectivity index (χ1n) is 14.8. The van der Waals surface area contributed by atoms with E-state index < -0.39 is 18.1 Å². The molecular weight excluding hydrogens is 571 g/mol. The number of carbonyl (C=O) groups excluding carboxylic acids is 2. The zero-order chi connectivity index (χ0) is 30.6. The van der Waals surface area contributed by atoms with Crippen molar-refractivity contribution in [2.45, 2.75) is 65.1 Å². The van der Waals surface area contributed by atoms with Crippen LogP contribution >= 0.6 is 11.3 Å². The fraction of sp³-hybridized carbons (Fsp3) is 0.516. The summed E-state index contributed by atoms with van der Waals surface area (Å²) in [5.74, 6) is 6.94. The lowest BCUT2D eigenvalue weighted by Crippen LogP contribution is -2.34. The van der Waals surface area contributed by atoms with E-state index in [9.17, 15) is 14.0 Å². The van der Waals surface area contributed by atoms with Gasteiger partial charge in [0, 0.05) is 61.0 Å². The van der Waals surface area contributed by atoms with Gasteiger partial charge in [-0.25, -0.2) is 9.37 Å². The van der Waals surface area contributed by atoms with Gasteiger partial charge in [0.15, 0.2) is 5.01 Å². The Balaban J connectivity index is 0.00000180. The predicted molar refractivity (Wildman–Crippen MR) is 163 cm³/mol. The molecule has 1 aliphatic carbocycles. The molecule has 6 rings (SSSR count). The molecule has 228 valence electrons. The molecule has 2 aromatic heterocycles. The smallest absolute Gasteiger partial charge is 0.259 e. The van der Waals surface area contributed by atoms with E-state index in [4.69, 9.17) is 9.47 Å². The molecule has 0 bridgehead atoms. The average molecular weight is 609 g/mol. The highest BCUT2D eigenvalue weighted by atomic mass is 32.1. The zero-order valence-corrected chi connectivity index (χ0v) is 25.7. The van der Waals surface area contributed by atoms with Gasteiger partial charge in [-0.3, -0.25) is 19.8 Å². The maximum atomic E-state index is 14.4. The molecule has 0 aromatic carbocycles. The van der Waals surface area contributed by atoms with E-state index in [1.54, 1.807) is 23.2 Å². The minimum absolute atomic E-state index is 0.0201. The lowest BCUT2D eigenvalue weighted by molar-refractivity contribution is -0.118. The molecule has 2 saturated heterocycles. The highest BCUT2D eigenvalue weighted by Gasteiger charge is 2.45. The van der Waals surface area contributed by atoms with Gasteiger partial charge in [0.05, 0.1) is 18.7 Å². The number of rotatable bonds is 6. The molecule has 2 unspecified atom stereocenters. The summed E-state index contributed by atoms with van der Waals surface area (Å²) in [6.45, 7) is 7.24. The van der Waals surface area contributed by atoms with Crippen molar-refractivity contribution in [3.63, 3.8) is 0 Å². The Labute approximate surface area is 255 Å². The molecule has 2 atom stereocenters. The largest absolute Gasteiger partial charge is 0.495 e. The van der Waals surface area contributed by atoms with E-state index in [0.717, 1.165) is 25.7 Å². The Kier molecular flexibility index (Phi) is 9.42. The Hall–Kier alpha value is -3.82. The van der Waals surface area contributed by atoms with Crippen molar-refractivity contribution in [1.29, 1.82) is 0 Å². The van der Waals surface area contributed by atoms with Gasteiger partial charge in [-0.2, -0.15) is 0 Å². The van der Waals surface area contributed by atoms with E-state index >= 15 is 0 Å². The molecule has 5 heterocycles. The summed E-state index contributed by atoms with van der Waals surface area (Å²) in [5, 5.41) is 14.8. The highest BCUT2D eigenvalue weighted by Crippen LogP contribution is 2.42. The first-order chi connectivity index (χ1) is 20.8. The van der Waals surface area contributed by atoms with Crippen LogP contribution in [0.25, 0.3) is 5.57 Å². The summed E-state index contributed by atoms with van der Waals surface area (Å²) < 4.78 is 25.5. The molecule has 3 aliphatic heterocycles. The molecule has 1 spiro atoms. The number of alkyl halides is 1. The Bertz CT molecular complexity index is 1480. The highest BCUT2D eigenvalue weighted by molar-refractivity contribution is 7.15. The van der Waals surface area contributed by atoms with Crippen LogP contribution in [-0.2, 0) is 14.3 Å². The maximum absolute atomic E-state index is 14.4. The van der Waals surface area contributed by atoms with E-state index in [1.165, 1.54) is 31.6 Å². The third-order valence-corrected chi connectivity index (χ3v) is 8.67. The number of methoxy groups -OCH3 is 1. The monoisotopic (exact) mass is 608 g/mol. The molecule has 2 amide bonds. The van der Waals surface area contributed by atoms with Crippen LogP contribution < -0.4 is 15.5 Å². The van der Waals surface area contributed by atoms with Gasteiger partial charge in [-0.1, -0.05) is 31.1 Å². The summed E-state index contributed by atoms with van der Waals surface area (Å²) in [7, 11) is 1.51. The predicted octanol–water partition coefficient (Wildman–Crippen LogP) is 4.71. The molecule has 3 fully saturated rings. The van der Waals surface area contributed by atoms with Crippen LogP contribution in [0.4, 0.5) is 15.3 Å². The number of dihydropyridines is 1. The summed E-state index contributed by atoms with van der Waals surface area (Å²) in [5.41, 5.74) is 1.07. The third kappa shape index (κ3) is 6.89. The summed E-state index contributed by atoms with van der Waals surface area (Å²) in [6, 6.07) is 1.08. The first-order valence-corrected chi connectivity index (χ1v) is 15.6. The van der Waals surface area contributed by atoms with Crippen LogP contribution in [0.5, 0.6) is 0 Å². The van der Waals surface area contributed by atoms with Gasteiger partial charge < -0.3 is 14.8 Å². The fourth-order valence-corrected chi connectivity index (χ4v) is 5.94. The standard InChI is InChI=1S/C29H31FN6O4S.C2H6/c1-17(30)22-11-20(23(39-2)15-31-22)19-12-24(36-16-29(13-26(36)37)7-9-40-10-8-29)32-14-21(19)27(38)33-28-35-34-25(41-28)6-5-18-3-4-18;1-2/h11-12,14-15,17-18,22,31H,3-4,7-10,13,16H2,1-2H3,(H,33,35,38);1-2H3. The third-order valence-electron chi connectivity index (χ3n) is 7.91. The number of halogens is 1. The van der Waals surface area contributed by atoms with Crippen molar-refractivity contribution < 1.29 is 23.5 Å². The number of carbonyl (C=O) groups is 2. The molecule has 4 aliphatic rings. The number of hydrogen-bond donors (Lipinski definition) is 2. The van der Waals surface area contributed by atoms with Gasteiger partial charge in [0.25, 0.3) is 5.91 Å². The molecular formula is C31H37FN6O4S. The lowest BCUT2D eigenvalue weighted by atomic mass is 9.79. The summed E-state index contributed by atoms with van der Waals surface area (Å²) in [6.07, 6.45) is 7.77. The van der Waals surface area contributed by atoms with Gasteiger partial charge >= 0.3 is 0 Å². The second-order valence-electron chi connectivity index (χ2n) is 10.9. The normalized spacial score (nSPS) is 21.4. The summed E-state index contributed by atoms with van der Waals surface area (Å²) >= 11 is 1.19. The van der Waals surface area contributed by atoms with Crippen LogP contribution in [-0.4, -0.2) is 66.1 Å². The van der Waals surface area contributed by atoms with Gasteiger partial charge in [0.2, 0.25) is 11.0 Å². The fourth-order valence-electron chi connectivity index (χ4n) is 5.34. The van der Waals surface area contributed by atoms with Crippen molar-refractivity contribution >= 4 is 39.7 Å². The van der Waals surface area contributed by atoms with E-state index in [1.807, 2.05) is 13.8 Å². The lowest BCUT2D eigenvalue weighted by Gasteiger charge is -2.32. The van der Waals surface area contributed by atoms with Crippen LogP contribution in [0.1, 0.15) is 73.8 Å². The molecule has 43 heavy (non-hydrogen) atoms. The van der Waals surface area contributed by atoms with Crippen molar-refractivity contribution in [3.05, 3.63) is 46.4 Å².